The zero-order chi connectivity index (χ0) is 18.7. The van der Waals surface area contributed by atoms with Crippen molar-refractivity contribution in [2.45, 2.75) is 51.2 Å². The van der Waals surface area contributed by atoms with Gasteiger partial charge in [-0.2, -0.15) is 0 Å². The fourth-order valence-electron chi connectivity index (χ4n) is 3.25. The first kappa shape index (κ1) is 19.2. The van der Waals surface area contributed by atoms with Crippen LogP contribution in [-0.4, -0.2) is 27.8 Å². The first-order valence-electron chi connectivity index (χ1n) is 9.10. The molecule has 0 saturated carbocycles. The second-order valence-corrected chi connectivity index (χ2v) is 8.80. The lowest BCUT2D eigenvalue weighted by Crippen LogP contribution is -2.27. The van der Waals surface area contributed by atoms with Crippen molar-refractivity contribution < 1.29 is 4.79 Å². The molecular weight excluding hydrogens is 366 g/mol. The fraction of sp³-hybridized carbons (Fsp3) is 0.526. The molecule has 1 N–H and O–H groups in total. The predicted octanol–water partition coefficient (Wildman–Crippen LogP) is 3.39. The van der Waals surface area contributed by atoms with Crippen molar-refractivity contribution in [3.05, 3.63) is 33.4 Å². The molecule has 0 radical (unpaired) electrons. The summed E-state index contributed by atoms with van der Waals surface area (Å²) in [5.41, 5.74) is 1.19. The second-order valence-electron chi connectivity index (χ2n) is 6.77. The maximum Gasteiger partial charge on any atom is 0.263 e. The van der Waals surface area contributed by atoms with E-state index in [2.05, 4.69) is 18.8 Å². The number of nitrogens with zero attached hydrogens (tertiary/aromatic N) is 2. The molecule has 0 spiro atoms. The first-order valence-corrected chi connectivity index (χ1v) is 10.9. The van der Waals surface area contributed by atoms with E-state index in [0.29, 0.717) is 24.2 Å². The average Bonchev–Trinajstić information content (AvgIpc) is 2.98. The summed E-state index contributed by atoms with van der Waals surface area (Å²) < 4.78 is 1.65. The number of rotatable bonds is 7. The van der Waals surface area contributed by atoms with E-state index < -0.39 is 0 Å². The van der Waals surface area contributed by atoms with Crippen molar-refractivity contribution in [1.29, 1.82) is 0 Å². The Labute approximate surface area is 161 Å². The average molecular weight is 392 g/mol. The van der Waals surface area contributed by atoms with Gasteiger partial charge in [0.05, 0.1) is 11.1 Å². The van der Waals surface area contributed by atoms with Gasteiger partial charge in [-0.3, -0.25) is 14.2 Å². The number of aryl methyl sites for hydroxylation is 1. The summed E-state index contributed by atoms with van der Waals surface area (Å²) in [5.74, 6) is 0.884. The van der Waals surface area contributed by atoms with Gasteiger partial charge in [0, 0.05) is 18.0 Å². The van der Waals surface area contributed by atoms with Crippen LogP contribution in [-0.2, 0) is 24.2 Å². The van der Waals surface area contributed by atoms with Gasteiger partial charge in [-0.15, -0.1) is 17.9 Å². The number of fused-ring (bicyclic) bond motifs is 3. The Kier molecular flexibility index (Phi) is 6.19. The molecule has 0 saturated heterocycles. The van der Waals surface area contributed by atoms with E-state index in [1.54, 1.807) is 22.0 Å². The lowest BCUT2D eigenvalue weighted by Gasteiger charge is -2.17. The van der Waals surface area contributed by atoms with Crippen molar-refractivity contribution in [3.8, 4) is 0 Å². The third-order valence-corrected chi connectivity index (χ3v) is 6.72. The van der Waals surface area contributed by atoms with Crippen molar-refractivity contribution in [2.24, 2.45) is 5.92 Å². The summed E-state index contributed by atoms with van der Waals surface area (Å²) in [5, 5.41) is 4.23. The Morgan fingerprint density at radius 3 is 3.08 bits per heavy atom. The number of thioether (sulfide) groups is 1. The van der Waals surface area contributed by atoms with Gasteiger partial charge >= 0.3 is 0 Å². The molecule has 5 nitrogen and oxygen atoms in total. The molecule has 0 bridgehead atoms. The Morgan fingerprint density at radius 2 is 2.35 bits per heavy atom. The van der Waals surface area contributed by atoms with Crippen LogP contribution in [0.2, 0.25) is 0 Å². The van der Waals surface area contributed by atoms with E-state index >= 15 is 0 Å². The molecule has 1 amide bonds. The lowest BCUT2D eigenvalue weighted by molar-refractivity contribution is -0.118. The Morgan fingerprint density at radius 1 is 1.54 bits per heavy atom. The van der Waals surface area contributed by atoms with Gasteiger partial charge < -0.3 is 5.32 Å². The predicted molar refractivity (Wildman–Crippen MR) is 109 cm³/mol. The maximum absolute atomic E-state index is 13.1. The largest absolute Gasteiger partial charge is 0.355 e. The highest BCUT2D eigenvalue weighted by Gasteiger charge is 2.24. The molecule has 140 valence electrons. The molecule has 1 atom stereocenters. The Hall–Kier alpha value is -1.60. The minimum Gasteiger partial charge on any atom is -0.355 e. The van der Waals surface area contributed by atoms with Crippen molar-refractivity contribution in [3.63, 3.8) is 0 Å². The number of aromatic nitrogens is 2. The van der Waals surface area contributed by atoms with Gasteiger partial charge in [-0.05, 0) is 37.2 Å². The third kappa shape index (κ3) is 3.88. The van der Waals surface area contributed by atoms with Crippen LogP contribution in [0, 0.1) is 5.92 Å². The number of carbonyl (C=O) groups is 1. The van der Waals surface area contributed by atoms with E-state index in [1.807, 2.05) is 6.92 Å². The van der Waals surface area contributed by atoms with Crippen LogP contribution in [0.4, 0.5) is 0 Å². The van der Waals surface area contributed by atoms with Gasteiger partial charge in [0.1, 0.15) is 4.83 Å². The number of hydrogen-bond donors (Lipinski definition) is 1. The number of hydrogen-bond acceptors (Lipinski definition) is 5. The highest BCUT2D eigenvalue weighted by Crippen LogP contribution is 2.36. The van der Waals surface area contributed by atoms with Gasteiger partial charge in [-0.25, -0.2) is 4.98 Å². The van der Waals surface area contributed by atoms with Crippen molar-refractivity contribution in [1.82, 2.24) is 14.9 Å². The SMILES string of the molecule is C=CCn1c(SCC(=O)NCCC)nc2sc3c(c2c1=O)CC[C@@H](C)C3. The molecule has 0 unspecified atom stereocenters. The molecule has 2 aromatic rings. The topological polar surface area (TPSA) is 64.0 Å². The van der Waals surface area contributed by atoms with Gasteiger partial charge in [0.15, 0.2) is 5.16 Å². The summed E-state index contributed by atoms with van der Waals surface area (Å²) >= 11 is 2.96. The molecule has 1 aliphatic carbocycles. The monoisotopic (exact) mass is 391 g/mol. The number of carbonyl (C=O) groups excluding carboxylic acids is 1. The summed E-state index contributed by atoms with van der Waals surface area (Å²) in [7, 11) is 0. The molecule has 2 heterocycles. The van der Waals surface area contributed by atoms with Crippen LogP contribution in [0.5, 0.6) is 0 Å². The number of nitrogens with one attached hydrogen (secondary N) is 1. The van der Waals surface area contributed by atoms with Crippen LogP contribution < -0.4 is 10.9 Å². The van der Waals surface area contributed by atoms with E-state index in [-0.39, 0.29) is 17.2 Å². The Balaban J connectivity index is 1.97. The maximum atomic E-state index is 13.1. The number of allylic oxidation sites excluding steroid dienone is 1. The number of amides is 1. The second kappa shape index (κ2) is 8.39. The molecule has 0 aliphatic heterocycles. The summed E-state index contributed by atoms with van der Waals surface area (Å²) in [6.07, 6.45) is 5.71. The molecule has 2 aromatic heterocycles. The molecule has 3 rings (SSSR count). The van der Waals surface area contributed by atoms with Crippen LogP contribution in [0.1, 0.15) is 37.1 Å². The van der Waals surface area contributed by atoms with E-state index in [9.17, 15) is 9.59 Å². The van der Waals surface area contributed by atoms with Gasteiger partial charge in [0.2, 0.25) is 5.91 Å². The van der Waals surface area contributed by atoms with Gasteiger partial charge in [0.25, 0.3) is 5.56 Å². The van der Waals surface area contributed by atoms with Crippen molar-refractivity contribution >= 4 is 39.2 Å². The summed E-state index contributed by atoms with van der Waals surface area (Å²) in [6, 6.07) is 0. The van der Waals surface area contributed by atoms with Crippen molar-refractivity contribution in [2.75, 3.05) is 12.3 Å². The quantitative estimate of drug-likeness (QED) is 0.446. The van der Waals surface area contributed by atoms with E-state index in [0.717, 1.165) is 35.9 Å². The van der Waals surface area contributed by atoms with Crippen LogP contribution >= 0.6 is 23.1 Å². The Bertz CT molecular complexity index is 885. The van der Waals surface area contributed by atoms with Crippen LogP contribution in [0.25, 0.3) is 10.2 Å². The normalized spacial score (nSPS) is 16.5. The number of thiophene rings is 1. The summed E-state index contributed by atoms with van der Waals surface area (Å²) in [6.45, 7) is 9.11. The zero-order valence-corrected chi connectivity index (χ0v) is 17.0. The van der Waals surface area contributed by atoms with E-state index in [1.165, 1.54) is 22.2 Å². The lowest BCUT2D eigenvalue weighted by atomic mass is 9.89. The molecule has 7 heteroatoms. The fourth-order valence-corrected chi connectivity index (χ4v) is 5.51. The molecule has 1 aliphatic rings. The van der Waals surface area contributed by atoms with Gasteiger partial charge in [-0.1, -0.05) is 31.7 Å². The zero-order valence-electron chi connectivity index (χ0n) is 15.3. The molecule has 0 fully saturated rings. The summed E-state index contributed by atoms with van der Waals surface area (Å²) in [4.78, 5) is 31.9. The van der Waals surface area contributed by atoms with E-state index in [4.69, 9.17) is 4.98 Å². The highest BCUT2D eigenvalue weighted by atomic mass is 32.2. The first-order chi connectivity index (χ1) is 12.5. The van der Waals surface area contributed by atoms with Crippen LogP contribution in [0.15, 0.2) is 22.6 Å². The van der Waals surface area contributed by atoms with Crippen LogP contribution in [0.3, 0.4) is 0 Å². The molecular formula is C19H25N3O2S2. The molecule has 0 aromatic carbocycles. The smallest absolute Gasteiger partial charge is 0.263 e. The third-order valence-electron chi connectivity index (χ3n) is 4.60. The highest BCUT2D eigenvalue weighted by molar-refractivity contribution is 7.99. The standard InChI is InChI=1S/C19H25N3O2S2/c1-4-8-20-15(23)11-25-19-21-17-16(18(24)22(19)9-5-2)13-7-6-12(3)10-14(13)26-17/h5,12H,2,4,6-11H2,1,3H3,(H,20,23)/t12-/m1/s1. The minimum atomic E-state index is -0.0318. The minimum absolute atomic E-state index is 0.00146. The molecule has 26 heavy (non-hydrogen) atoms.